The topological polar surface area (TPSA) is 33.5 Å². The molecule has 1 aromatic rings. The Labute approximate surface area is 128 Å². The second kappa shape index (κ2) is 6.35. The summed E-state index contributed by atoms with van der Waals surface area (Å²) in [5.74, 6) is 2.28. The molecule has 0 radical (unpaired) electrons. The number of hydrogen-bond acceptors (Lipinski definition) is 3. The maximum absolute atomic E-state index is 12.2. The number of Topliss-reactive ketones (excluding diaryl/α,β-unsaturated/α-hetero) is 1. The predicted octanol–water partition coefficient (Wildman–Crippen LogP) is 4.05. The van der Waals surface area contributed by atoms with Gasteiger partial charge in [-0.3, -0.25) is 4.79 Å². The normalized spacial score (nSPS) is 23.8. The summed E-state index contributed by atoms with van der Waals surface area (Å²) in [6.45, 7) is 10.6. The van der Waals surface area contributed by atoms with Gasteiger partial charge in [-0.1, -0.05) is 20.8 Å². The Morgan fingerprint density at radius 1 is 1.38 bits per heavy atom. The number of rotatable bonds is 4. The first-order chi connectivity index (χ1) is 9.77. The summed E-state index contributed by atoms with van der Waals surface area (Å²) < 4.78 is 5.34. The fourth-order valence-corrected chi connectivity index (χ4v) is 3.38. The van der Waals surface area contributed by atoms with E-state index in [0.717, 1.165) is 38.1 Å². The van der Waals surface area contributed by atoms with E-state index in [1.54, 1.807) is 6.26 Å². The second-order valence-electron chi connectivity index (χ2n) is 7.70. The largest absolute Gasteiger partial charge is 0.469 e. The number of aryl methyl sites for hydroxylation is 1. The Balaban J connectivity index is 1.94. The van der Waals surface area contributed by atoms with E-state index in [0.29, 0.717) is 17.1 Å². The molecule has 1 heterocycles. The molecule has 0 spiro atoms. The molecule has 1 aliphatic carbocycles. The van der Waals surface area contributed by atoms with Crippen molar-refractivity contribution in [3.05, 3.63) is 23.7 Å². The molecule has 0 bridgehead atoms. The minimum atomic E-state index is 0.195. The zero-order valence-corrected chi connectivity index (χ0v) is 14.1. The van der Waals surface area contributed by atoms with Crippen LogP contribution in [0.25, 0.3) is 0 Å². The molecular weight excluding hydrogens is 262 g/mol. The van der Waals surface area contributed by atoms with Crippen molar-refractivity contribution < 1.29 is 9.21 Å². The van der Waals surface area contributed by atoms with Gasteiger partial charge in [0.15, 0.2) is 0 Å². The van der Waals surface area contributed by atoms with Crippen LogP contribution in [0.5, 0.6) is 0 Å². The summed E-state index contributed by atoms with van der Waals surface area (Å²) in [7, 11) is 2.10. The monoisotopic (exact) mass is 291 g/mol. The molecule has 1 saturated carbocycles. The summed E-state index contributed by atoms with van der Waals surface area (Å²) in [5.41, 5.74) is 1.52. The van der Waals surface area contributed by atoms with Gasteiger partial charge in [-0.15, -0.1) is 0 Å². The lowest BCUT2D eigenvalue weighted by Gasteiger charge is -2.38. The van der Waals surface area contributed by atoms with Gasteiger partial charge in [-0.05, 0) is 44.2 Å². The number of hydrogen-bond donors (Lipinski definition) is 0. The fraction of sp³-hybridized carbons (Fsp3) is 0.722. The zero-order valence-electron chi connectivity index (χ0n) is 14.1. The van der Waals surface area contributed by atoms with E-state index < -0.39 is 0 Å². The highest BCUT2D eigenvalue weighted by Gasteiger charge is 2.35. The molecule has 2 atom stereocenters. The van der Waals surface area contributed by atoms with E-state index in [1.165, 1.54) is 5.56 Å². The summed E-state index contributed by atoms with van der Waals surface area (Å²) in [4.78, 5) is 14.5. The van der Waals surface area contributed by atoms with Crippen LogP contribution >= 0.6 is 0 Å². The Bertz CT molecular complexity index is 484. The van der Waals surface area contributed by atoms with Gasteiger partial charge in [-0.2, -0.15) is 0 Å². The van der Waals surface area contributed by atoms with E-state index in [2.05, 4.69) is 32.7 Å². The summed E-state index contributed by atoms with van der Waals surface area (Å²) in [6, 6.07) is 2.02. The highest BCUT2D eigenvalue weighted by molar-refractivity contribution is 5.82. The van der Waals surface area contributed by atoms with Crippen molar-refractivity contribution >= 4 is 5.78 Å². The highest BCUT2D eigenvalue weighted by Crippen LogP contribution is 2.39. The van der Waals surface area contributed by atoms with Gasteiger partial charge in [0.05, 0.1) is 6.26 Å². The molecule has 0 aromatic carbocycles. The van der Waals surface area contributed by atoms with Crippen LogP contribution in [-0.2, 0) is 11.3 Å². The lowest BCUT2D eigenvalue weighted by molar-refractivity contribution is -0.127. The fourth-order valence-electron chi connectivity index (χ4n) is 3.38. The van der Waals surface area contributed by atoms with Crippen LogP contribution in [0, 0.1) is 24.2 Å². The molecule has 1 aliphatic rings. The van der Waals surface area contributed by atoms with Crippen LogP contribution in [-0.4, -0.2) is 24.3 Å². The maximum Gasteiger partial charge on any atom is 0.137 e. The summed E-state index contributed by atoms with van der Waals surface area (Å²) in [5, 5.41) is 0. The Hall–Kier alpha value is -1.09. The van der Waals surface area contributed by atoms with Crippen molar-refractivity contribution in [1.29, 1.82) is 0 Å². The summed E-state index contributed by atoms with van der Waals surface area (Å²) >= 11 is 0. The van der Waals surface area contributed by atoms with E-state index in [4.69, 9.17) is 4.42 Å². The molecule has 2 rings (SSSR count). The van der Waals surface area contributed by atoms with Crippen LogP contribution in [0.1, 0.15) is 51.4 Å². The molecule has 0 aliphatic heterocycles. The first kappa shape index (κ1) is 16.3. The lowest BCUT2D eigenvalue weighted by atomic mass is 9.68. The van der Waals surface area contributed by atoms with Crippen LogP contribution in [0.3, 0.4) is 0 Å². The molecule has 3 heteroatoms. The van der Waals surface area contributed by atoms with Gasteiger partial charge in [0.2, 0.25) is 0 Å². The third-order valence-corrected chi connectivity index (χ3v) is 4.93. The summed E-state index contributed by atoms with van der Waals surface area (Å²) in [6.07, 6.45) is 4.59. The molecule has 2 unspecified atom stereocenters. The van der Waals surface area contributed by atoms with Crippen molar-refractivity contribution in [3.8, 4) is 0 Å². The molecular formula is C18H29NO2. The number of carbonyl (C=O) groups excluding carboxylic acids is 1. The Morgan fingerprint density at radius 2 is 2.10 bits per heavy atom. The van der Waals surface area contributed by atoms with Gasteiger partial charge >= 0.3 is 0 Å². The molecule has 21 heavy (non-hydrogen) atoms. The van der Waals surface area contributed by atoms with Crippen LogP contribution < -0.4 is 0 Å². The van der Waals surface area contributed by atoms with Crippen molar-refractivity contribution in [2.45, 2.75) is 53.5 Å². The first-order valence-electron chi connectivity index (χ1n) is 8.01. The maximum atomic E-state index is 12.2. The number of furan rings is 1. The van der Waals surface area contributed by atoms with Gasteiger partial charge in [0, 0.05) is 31.0 Å². The van der Waals surface area contributed by atoms with E-state index in [9.17, 15) is 4.79 Å². The molecule has 0 saturated heterocycles. The minimum Gasteiger partial charge on any atom is -0.469 e. The molecule has 1 aromatic heterocycles. The number of ketones is 1. The second-order valence-corrected chi connectivity index (χ2v) is 7.70. The Kier molecular flexibility index (Phi) is 4.92. The third-order valence-electron chi connectivity index (χ3n) is 4.93. The smallest absolute Gasteiger partial charge is 0.137 e. The van der Waals surface area contributed by atoms with Crippen molar-refractivity contribution in [3.63, 3.8) is 0 Å². The standard InChI is InChI=1S/C18H29NO2/c1-13-14(8-9-21-13)11-19(5)12-15-10-16(18(2,3)4)6-7-17(15)20/h8-9,15-16H,6-7,10-12H2,1-5H3. The van der Waals surface area contributed by atoms with Crippen molar-refractivity contribution in [2.24, 2.45) is 17.3 Å². The average Bonchev–Trinajstić information content (AvgIpc) is 2.76. The average molecular weight is 291 g/mol. The van der Waals surface area contributed by atoms with E-state index in [-0.39, 0.29) is 5.92 Å². The highest BCUT2D eigenvalue weighted by atomic mass is 16.3. The van der Waals surface area contributed by atoms with Crippen LogP contribution in [0.4, 0.5) is 0 Å². The van der Waals surface area contributed by atoms with Crippen molar-refractivity contribution in [2.75, 3.05) is 13.6 Å². The first-order valence-corrected chi connectivity index (χ1v) is 8.01. The molecule has 1 fully saturated rings. The third kappa shape index (κ3) is 4.19. The van der Waals surface area contributed by atoms with Gasteiger partial charge in [0.1, 0.15) is 11.5 Å². The van der Waals surface area contributed by atoms with E-state index in [1.807, 2.05) is 13.0 Å². The Morgan fingerprint density at radius 3 is 2.67 bits per heavy atom. The lowest BCUT2D eigenvalue weighted by Crippen LogP contribution is -2.37. The van der Waals surface area contributed by atoms with Crippen LogP contribution in [0.15, 0.2) is 16.7 Å². The number of carbonyl (C=O) groups is 1. The van der Waals surface area contributed by atoms with Crippen LogP contribution in [0.2, 0.25) is 0 Å². The number of nitrogens with zero attached hydrogens (tertiary/aromatic N) is 1. The quantitative estimate of drug-likeness (QED) is 0.839. The van der Waals surface area contributed by atoms with Gasteiger partial charge < -0.3 is 9.32 Å². The molecule has 0 amide bonds. The predicted molar refractivity (Wildman–Crippen MR) is 85.1 cm³/mol. The van der Waals surface area contributed by atoms with Gasteiger partial charge in [-0.25, -0.2) is 0 Å². The minimum absolute atomic E-state index is 0.195. The molecule has 0 N–H and O–H groups in total. The van der Waals surface area contributed by atoms with Crippen molar-refractivity contribution in [1.82, 2.24) is 4.90 Å². The molecule has 3 nitrogen and oxygen atoms in total. The van der Waals surface area contributed by atoms with Gasteiger partial charge in [0.25, 0.3) is 0 Å². The SMILES string of the molecule is Cc1occc1CN(C)CC1CC(C(C)(C)C)CCC1=O. The van der Waals surface area contributed by atoms with E-state index >= 15 is 0 Å². The zero-order chi connectivity index (χ0) is 15.6. The molecule has 118 valence electrons.